The van der Waals surface area contributed by atoms with Gasteiger partial charge in [0.25, 0.3) is 0 Å². The number of rotatable bonds is 2. The lowest BCUT2D eigenvalue weighted by molar-refractivity contribution is -0.187. The molecular weight excluding hydrogens is 269 g/mol. The van der Waals surface area contributed by atoms with E-state index in [0.717, 1.165) is 18.8 Å². The van der Waals surface area contributed by atoms with Crippen LogP contribution in [0, 0.1) is 5.92 Å². The van der Waals surface area contributed by atoms with Crippen LogP contribution in [0.15, 0.2) is 4.99 Å². The largest absolute Gasteiger partial charge is 0.391 e. The molecule has 1 aliphatic heterocycles. The van der Waals surface area contributed by atoms with E-state index >= 15 is 0 Å². The van der Waals surface area contributed by atoms with E-state index in [1.807, 2.05) is 7.05 Å². The summed E-state index contributed by atoms with van der Waals surface area (Å²) in [4.78, 5) is 6.27. The number of hydrogen-bond acceptors (Lipinski definition) is 2. The Hall–Kier alpha value is -0.980. The zero-order valence-corrected chi connectivity index (χ0v) is 12.0. The van der Waals surface area contributed by atoms with Crippen molar-refractivity contribution >= 4 is 5.96 Å². The molecule has 0 atom stereocenters. The highest BCUT2D eigenvalue weighted by Crippen LogP contribution is 2.36. The summed E-state index contributed by atoms with van der Waals surface area (Å²) in [7, 11) is 3.53. The zero-order valence-electron chi connectivity index (χ0n) is 12.0. The number of likely N-dealkylation sites (tertiary alicyclic amines) is 1. The van der Waals surface area contributed by atoms with Crippen molar-refractivity contribution in [3.05, 3.63) is 0 Å². The number of hydrogen-bond donors (Lipinski definition) is 2. The van der Waals surface area contributed by atoms with Gasteiger partial charge in [0.15, 0.2) is 5.96 Å². The van der Waals surface area contributed by atoms with Gasteiger partial charge in [-0.1, -0.05) is 0 Å². The molecule has 0 aromatic heterocycles. The van der Waals surface area contributed by atoms with Crippen LogP contribution >= 0.6 is 0 Å². The number of aliphatic imine (C=N–C) groups is 1. The molecule has 0 radical (unpaired) electrons. The third kappa shape index (κ3) is 3.56. The van der Waals surface area contributed by atoms with Crippen molar-refractivity contribution in [3.8, 4) is 0 Å². The Bertz CT molecular complexity index is 342. The molecule has 1 aliphatic carbocycles. The molecule has 1 saturated heterocycles. The van der Waals surface area contributed by atoms with Crippen LogP contribution in [0.5, 0.6) is 0 Å². The first-order valence-electron chi connectivity index (χ1n) is 7.16. The minimum Gasteiger partial charge on any atom is -0.359 e. The lowest BCUT2D eigenvalue weighted by Crippen LogP contribution is -2.57. The second-order valence-electron chi connectivity index (χ2n) is 5.64. The van der Waals surface area contributed by atoms with Crippen LogP contribution in [-0.2, 0) is 0 Å². The summed E-state index contributed by atoms with van der Waals surface area (Å²) in [6, 6.07) is 0.808. The van der Waals surface area contributed by atoms with Crippen LogP contribution in [0.2, 0.25) is 0 Å². The number of nitrogens with zero attached hydrogens (tertiary/aromatic N) is 2. The lowest BCUT2D eigenvalue weighted by atomic mass is 9.83. The molecule has 20 heavy (non-hydrogen) atoms. The summed E-state index contributed by atoms with van der Waals surface area (Å²) in [5.41, 5.74) is 0. The van der Waals surface area contributed by atoms with Crippen LogP contribution in [0.25, 0.3) is 0 Å². The SMILES string of the molecule is CN=C(NC)NC1CC(N2CCC(C(F)(F)F)CC2)C1. The van der Waals surface area contributed by atoms with Crippen molar-refractivity contribution in [1.82, 2.24) is 15.5 Å². The van der Waals surface area contributed by atoms with Gasteiger partial charge in [-0.3, -0.25) is 4.99 Å². The third-order valence-electron chi connectivity index (χ3n) is 4.42. The Morgan fingerprint density at radius 2 is 1.80 bits per heavy atom. The standard InChI is InChI=1S/C13H23F3N4/c1-17-12(18-2)19-10-7-11(8-10)20-5-3-9(4-6-20)13(14,15)16/h9-11H,3-8H2,1-2H3,(H2,17,18,19). The van der Waals surface area contributed by atoms with Crippen LogP contribution in [0.4, 0.5) is 13.2 Å². The maximum atomic E-state index is 12.6. The fourth-order valence-corrected chi connectivity index (χ4v) is 3.04. The molecular formula is C13H23F3N4. The summed E-state index contributed by atoms with van der Waals surface area (Å²) in [5, 5.41) is 6.26. The molecule has 4 nitrogen and oxygen atoms in total. The van der Waals surface area contributed by atoms with Crippen molar-refractivity contribution in [2.45, 2.75) is 43.9 Å². The maximum absolute atomic E-state index is 12.6. The average molecular weight is 292 g/mol. The second-order valence-corrected chi connectivity index (χ2v) is 5.64. The predicted octanol–water partition coefficient (Wildman–Crippen LogP) is 1.59. The van der Waals surface area contributed by atoms with Gasteiger partial charge in [-0.15, -0.1) is 0 Å². The highest BCUT2D eigenvalue weighted by atomic mass is 19.4. The summed E-state index contributed by atoms with van der Waals surface area (Å²) in [6.45, 7) is 1.14. The van der Waals surface area contributed by atoms with Crippen molar-refractivity contribution < 1.29 is 13.2 Å². The fourth-order valence-electron chi connectivity index (χ4n) is 3.04. The summed E-state index contributed by atoms with van der Waals surface area (Å²) >= 11 is 0. The van der Waals surface area contributed by atoms with Gasteiger partial charge in [0.05, 0.1) is 5.92 Å². The van der Waals surface area contributed by atoms with Gasteiger partial charge < -0.3 is 15.5 Å². The Balaban J connectivity index is 1.70. The number of guanidine groups is 1. The normalized spacial score (nSPS) is 29.9. The Morgan fingerprint density at radius 1 is 1.20 bits per heavy atom. The molecule has 2 aliphatic rings. The van der Waals surface area contributed by atoms with E-state index in [0.29, 0.717) is 25.2 Å². The molecule has 1 heterocycles. The second kappa shape index (κ2) is 6.20. The minimum atomic E-state index is -4.02. The molecule has 0 unspecified atom stereocenters. The van der Waals surface area contributed by atoms with Crippen LogP contribution in [-0.4, -0.2) is 56.3 Å². The van der Waals surface area contributed by atoms with Crippen LogP contribution in [0.1, 0.15) is 25.7 Å². The monoisotopic (exact) mass is 292 g/mol. The third-order valence-corrected chi connectivity index (χ3v) is 4.42. The van der Waals surface area contributed by atoms with Crippen LogP contribution < -0.4 is 10.6 Å². The summed E-state index contributed by atoms with van der Waals surface area (Å²) in [6.07, 6.45) is -1.56. The molecule has 2 fully saturated rings. The fraction of sp³-hybridized carbons (Fsp3) is 0.923. The van der Waals surface area contributed by atoms with Crippen molar-refractivity contribution in [1.29, 1.82) is 0 Å². The number of halogens is 3. The molecule has 0 bridgehead atoms. The maximum Gasteiger partial charge on any atom is 0.391 e. The van der Waals surface area contributed by atoms with Crippen LogP contribution in [0.3, 0.4) is 0 Å². The summed E-state index contributed by atoms with van der Waals surface area (Å²) < 4.78 is 37.8. The van der Waals surface area contributed by atoms with Gasteiger partial charge in [0.2, 0.25) is 0 Å². The molecule has 2 rings (SSSR count). The Kier molecular flexibility index (Phi) is 4.78. The van der Waals surface area contributed by atoms with E-state index in [2.05, 4.69) is 20.5 Å². The van der Waals surface area contributed by atoms with Gasteiger partial charge in [0.1, 0.15) is 0 Å². The topological polar surface area (TPSA) is 39.7 Å². The Labute approximate surface area is 117 Å². The van der Waals surface area contributed by atoms with Crippen molar-refractivity contribution in [2.75, 3.05) is 27.2 Å². The molecule has 0 aromatic rings. The Morgan fingerprint density at radius 3 is 2.25 bits per heavy atom. The molecule has 0 spiro atoms. The molecule has 2 N–H and O–H groups in total. The van der Waals surface area contributed by atoms with E-state index in [9.17, 15) is 13.2 Å². The molecule has 116 valence electrons. The number of nitrogens with one attached hydrogen (secondary N) is 2. The zero-order chi connectivity index (χ0) is 14.8. The van der Waals surface area contributed by atoms with E-state index < -0.39 is 12.1 Å². The first kappa shape index (κ1) is 15.4. The van der Waals surface area contributed by atoms with E-state index in [4.69, 9.17) is 0 Å². The van der Waals surface area contributed by atoms with Crippen molar-refractivity contribution in [3.63, 3.8) is 0 Å². The van der Waals surface area contributed by atoms with Crippen molar-refractivity contribution in [2.24, 2.45) is 10.9 Å². The van der Waals surface area contributed by atoms with Gasteiger partial charge in [-0.05, 0) is 38.8 Å². The molecule has 1 saturated carbocycles. The van der Waals surface area contributed by atoms with E-state index in [-0.39, 0.29) is 12.8 Å². The predicted molar refractivity (Wildman–Crippen MR) is 72.7 cm³/mol. The lowest BCUT2D eigenvalue weighted by Gasteiger charge is -2.46. The van der Waals surface area contributed by atoms with Gasteiger partial charge >= 0.3 is 6.18 Å². The highest BCUT2D eigenvalue weighted by molar-refractivity contribution is 5.79. The minimum absolute atomic E-state index is 0.246. The van der Waals surface area contributed by atoms with Gasteiger partial charge in [-0.25, -0.2) is 0 Å². The average Bonchev–Trinajstić information content (AvgIpc) is 2.37. The molecule has 0 amide bonds. The first-order valence-corrected chi connectivity index (χ1v) is 7.16. The number of alkyl halides is 3. The molecule has 7 heteroatoms. The number of piperidine rings is 1. The van der Waals surface area contributed by atoms with Gasteiger partial charge in [-0.2, -0.15) is 13.2 Å². The molecule has 0 aromatic carbocycles. The quantitative estimate of drug-likeness (QED) is 0.600. The van der Waals surface area contributed by atoms with E-state index in [1.54, 1.807) is 7.05 Å². The smallest absolute Gasteiger partial charge is 0.359 e. The highest BCUT2D eigenvalue weighted by Gasteiger charge is 2.43. The van der Waals surface area contributed by atoms with E-state index in [1.165, 1.54) is 0 Å². The van der Waals surface area contributed by atoms with Gasteiger partial charge in [0, 0.05) is 26.2 Å². The summed E-state index contributed by atoms with van der Waals surface area (Å²) in [5.74, 6) is -0.333. The first-order chi connectivity index (χ1) is 9.44.